The van der Waals surface area contributed by atoms with Crippen molar-refractivity contribution in [3.8, 4) is 0 Å². The minimum Gasteiger partial charge on any atom is -0.416 e. The molecule has 0 bridgehead atoms. The van der Waals surface area contributed by atoms with Crippen LogP contribution in [0.3, 0.4) is 0 Å². The third kappa shape index (κ3) is 4.95. The van der Waals surface area contributed by atoms with Crippen molar-refractivity contribution < 1.29 is 27.7 Å². The van der Waals surface area contributed by atoms with Gasteiger partial charge in [0.15, 0.2) is 0 Å². The van der Waals surface area contributed by atoms with Crippen molar-refractivity contribution in [1.29, 1.82) is 0 Å². The molecule has 0 aromatic heterocycles. The molecule has 0 aliphatic carbocycles. The Morgan fingerprint density at radius 3 is 2.21 bits per heavy atom. The monoisotopic (exact) mass is 293 g/mol. The van der Waals surface area contributed by atoms with Gasteiger partial charge in [-0.25, -0.2) is 9.36 Å². The normalized spacial score (nSPS) is 17.3. The number of hydrogen-bond donors (Lipinski definition) is 0. The number of likely N-dealkylation sites (tertiary alicyclic amines) is 1. The van der Waals surface area contributed by atoms with E-state index in [9.17, 15) is 9.36 Å². The van der Waals surface area contributed by atoms with E-state index in [1.54, 1.807) is 11.8 Å². The van der Waals surface area contributed by atoms with Crippen molar-refractivity contribution in [3.63, 3.8) is 0 Å². The van der Waals surface area contributed by atoms with Crippen LogP contribution in [-0.4, -0.2) is 44.4 Å². The Labute approximate surface area is 113 Å². The lowest BCUT2D eigenvalue weighted by Crippen LogP contribution is -2.40. The molecule has 0 aromatic carbocycles. The summed E-state index contributed by atoms with van der Waals surface area (Å²) in [5.41, 5.74) is 0. The van der Waals surface area contributed by atoms with Crippen LogP contribution in [-0.2, 0) is 22.9 Å². The summed E-state index contributed by atoms with van der Waals surface area (Å²) in [5, 5.41) is 0. The van der Waals surface area contributed by atoms with E-state index in [4.69, 9.17) is 18.3 Å². The molecule has 1 rings (SSSR count). The van der Waals surface area contributed by atoms with Crippen LogP contribution in [0, 0.1) is 0 Å². The molecular weight excluding hydrogens is 273 g/mol. The van der Waals surface area contributed by atoms with Crippen molar-refractivity contribution in [3.05, 3.63) is 12.3 Å². The van der Waals surface area contributed by atoms with Crippen molar-refractivity contribution >= 4 is 13.9 Å². The molecule has 0 unspecified atom stereocenters. The second-order valence-corrected chi connectivity index (χ2v) is 6.01. The summed E-state index contributed by atoms with van der Waals surface area (Å²) < 4.78 is 31.4. The van der Waals surface area contributed by atoms with Crippen molar-refractivity contribution in [2.75, 3.05) is 27.3 Å². The Morgan fingerprint density at radius 1 is 1.26 bits per heavy atom. The summed E-state index contributed by atoms with van der Waals surface area (Å²) >= 11 is 0. The van der Waals surface area contributed by atoms with Gasteiger partial charge in [-0.05, 0) is 19.8 Å². The highest BCUT2D eigenvalue weighted by Crippen LogP contribution is 2.49. The van der Waals surface area contributed by atoms with Gasteiger partial charge in [0, 0.05) is 27.3 Å². The number of nitrogens with zero attached hydrogens (tertiary/aromatic N) is 1. The smallest absolute Gasteiger partial charge is 0.416 e. The molecule has 0 atom stereocenters. The van der Waals surface area contributed by atoms with E-state index in [1.807, 2.05) is 0 Å². The fourth-order valence-corrected chi connectivity index (χ4v) is 2.60. The molecule has 7 nitrogen and oxygen atoms in total. The molecule has 1 aliphatic heterocycles. The minimum atomic E-state index is -3.46. The Kier molecular flexibility index (Phi) is 6.00. The number of hydrogen-bond acceptors (Lipinski definition) is 6. The molecule has 1 heterocycles. The van der Waals surface area contributed by atoms with Crippen LogP contribution in [0.4, 0.5) is 4.79 Å². The van der Waals surface area contributed by atoms with Gasteiger partial charge in [0.2, 0.25) is 0 Å². The first-order valence-electron chi connectivity index (χ1n) is 5.92. The number of allylic oxidation sites excluding steroid dienone is 1. The molecule has 1 aliphatic rings. The third-order valence-electron chi connectivity index (χ3n) is 2.69. The fraction of sp³-hybridized carbons (Fsp3) is 0.727. The first-order valence-corrected chi connectivity index (χ1v) is 7.38. The molecular formula is C11H20NO6P. The highest BCUT2D eigenvalue weighted by molar-refractivity contribution is 7.48. The topological polar surface area (TPSA) is 74.3 Å². The molecule has 0 radical (unpaired) electrons. The van der Waals surface area contributed by atoms with E-state index in [0.717, 1.165) is 0 Å². The van der Waals surface area contributed by atoms with Gasteiger partial charge in [-0.3, -0.25) is 13.6 Å². The number of amides is 1. The number of carbonyl (C=O) groups is 1. The zero-order chi connectivity index (χ0) is 14.5. The van der Waals surface area contributed by atoms with Crippen LogP contribution in [0.5, 0.6) is 0 Å². The van der Waals surface area contributed by atoms with Crippen molar-refractivity contribution in [2.45, 2.75) is 25.9 Å². The summed E-state index contributed by atoms with van der Waals surface area (Å²) in [5.74, 6) is 0.353. The minimum absolute atomic E-state index is 0.264. The van der Waals surface area contributed by atoms with E-state index in [0.29, 0.717) is 31.7 Å². The van der Waals surface area contributed by atoms with E-state index in [-0.39, 0.29) is 6.10 Å². The average Bonchev–Trinajstić information content (AvgIpc) is 2.38. The van der Waals surface area contributed by atoms with Gasteiger partial charge >= 0.3 is 13.9 Å². The lowest BCUT2D eigenvalue weighted by atomic mass is 10.1. The zero-order valence-electron chi connectivity index (χ0n) is 11.5. The van der Waals surface area contributed by atoms with Gasteiger partial charge in [0.25, 0.3) is 0 Å². The summed E-state index contributed by atoms with van der Waals surface area (Å²) in [6, 6.07) is 0. The number of ether oxygens (including phenoxy) is 1. The maximum absolute atomic E-state index is 11.8. The molecule has 0 spiro atoms. The lowest BCUT2D eigenvalue weighted by Gasteiger charge is -2.31. The van der Waals surface area contributed by atoms with E-state index < -0.39 is 13.9 Å². The van der Waals surface area contributed by atoms with Crippen molar-refractivity contribution in [1.82, 2.24) is 4.90 Å². The number of carbonyl (C=O) groups excluding carboxylic acids is 1. The number of phosphoric ester groups is 1. The Morgan fingerprint density at radius 2 is 1.79 bits per heavy atom. The van der Waals surface area contributed by atoms with Crippen LogP contribution >= 0.6 is 7.82 Å². The van der Waals surface area contributed by atoms with Crippen molar-refractivity contribution in [2.24, 2.45) is 0 Å². The summed E-state index contributed by atoms with van der Waals surface area (Å²) in [4.78, 5) is 13.2. The molecule has 19 heavy (non-hydrogen) atoms. The molecule has 1 amide bonds. The quantitative estimate of drug-likeness (QED) is 0.573. The molecule has 0 saturated carbocycles. The van der Waals surface area contributed by atoms with Gasteiger partial charge in [-0.2, -0.15) is 0 Å². The van der Waals surface area contributed by atoms with Gasteiger partial charge in [-0.15, -0.1) is 0 Å². The summed E-state index contributed by atoms with van der Waals surface area (Å²) in [6.07, 6.45) is 0.400. The van der Waals surface area contributed by atoms with Gasteiger partial charge in [0.05, 0.1) is 11.9 Å². The van der Waals surface area contributed by atoms with Crippen LogP contribution in [0.15, 0.2) is 12.3 Å². The second kappa shape index (κ2) is 7.05. The highest BCUT2D eigenvalue weighted by atomic mass is 31.2. The predicted molar refractivity (Wildman–Crippen MR) is 68.6 cm³/mol. The Hall–Kier alpha value is -0.880. The van der Waals surface area contributed by atoms with Gasteiger partial charge in [0.1, 0.15) is 0 Å². The lowest BCUT2D eigenvalue weighted by molar-refractivity contribution is 0.0543. The molecule has 1 saturated heterocycles. The van der Waals surface area contributed by atoms with Crippen LogP contribution in [0.1, 0.15) is 19.8 Å². The maximum atomic E-state index is 11.8. The summed E-state index contributed by atoms with van der Waals surface area (Å²) in [7, 11) is -0.929. The SMILES string of the molecule is C=C(C)OC(=O)N1CCC(OP(=O)(OC)OC)CC1. The Balaban J connectivity index is 2.43. The van der Waals surface area contributed by atoms with Crippen LogP contribution in [0.25, 0.3) is 0 Å². The second-order valence-electron chi connectivity index (χ2n) is 4.17. The predicted octanol–water partition coefficient (Wildman–Crippen LogP) is 2.54. The summed E-state index contributed by atoms with van der Waals surface area (Å²) in [6.45, 7) is 6.05. The number of phosphoric acid groups is 1. The first kappa shape index (κ1) is 16.2. The molecule has 110 valence electrons. The maximum Gasteiger partial charge on any atom is 0.474 e. The van der Waals surface area contributed by atoms with Crippen LogP contribution < -0.4 is 0 Å². The third-order valence-corrected chi connectivity index (χ3v) is 4.14. The molecule has 8 heteroatoms. The highest BCUT2D eigenvalue weighted by Gasteiger charge is 2.32. The molecule has 1 fully saturated rings. The fourth-order valence-electron chi connectivity index (χ4n) is 1.70. The van der Waals surface area contributed by atoms with Crippen LogP contribution in [0.2, 0.25) is 0 Å². The average molecular weight is 293 g/mol. The van der Waals surface area contributed by atoms with E-state index in [1.165, 1.54) is 14.2 Å². The standard InChI is InChI=1S/C11H20NO6P/c1-9(2)17-11(13)12-7-5-10(6-8-12)18-19(14,15-3)16-4/h10H,1,5-8H2,2-4H3. The zero-order valence-corrected chi connectivity index (χ0v) is 12.4. The largest absolute Gasteiger partial charge is 0.474 e. The number of piperidine rings is 1. The van der Waals surface area contributed by atoms with E-state index in [2.05, 4.69) is 6.58 Å². The molecule has 0 N–H and O–H groups in total. The Bertz CT molecular complexity index is 369. The molecule has 0 aromatic rings. The van der Waals surface area contributed by atoms with Gasteiger partial charge < -0.3 is 9.64 Å². The van der Waals surface area contributed by atoms with Gasteiger partial charge in [-0.1, -0.05) is 6.58 Å². The van der Waals surface area contributed by atoms with E-state index >= 15 is 0 Å². The number of rotatable bonds is 5. The first-order chi connectivity index (χ1) is 8.90.